The number of hydrogen-bond donors (Lipinski definition) is 1. The van der Waals surface area contributed by atoms with Crippen molar-refractivity contribution in [2.24, 2.45) is 0 Å². The first-order chi connectivity index (χ1) is 9.20. The van der Waals surface area contributed by atoms with Crippen molar-refractivity contribution in [3.8, 4) is 11.6 Å². The van der Waals surface area contributed by atoms with E-state index in [4.69, 9.17) is 4.74 Å². The summed E-state index contributed by atoms with van der Waals surface area (Å²) < 4.78 is 5.60. The number of pyridine rings is 1. The fraction of sp³-hybridized carbons (Fsp3) is 0.154. The molecule has 0 unspecified atom stereocenters. The van der Waals surface area contributed by atoms with Gasteiger partial charge in [0, 0.05) is 24.4 Å². The van der Waals surface area contributed by atoms with Gasteiger partial charge in [0.1, 0.15) is 5.75 Å². The molecular weight excluding hydrogens is 246 g/mol. The minimum absolute atomic E-state index is 0.0453. The summed E-state index contributed by atoms with van der Waals surface area (Å²) >= 11 is 0. The van der Waals surface area contributed by atoms with Gasteiger partial charge in [0.15, 0.2) is 0 Å². The molecule has 0 fully saturated rings. The summed E-state index contributed by atoms with van der Waals surface area (Å²) in [5.74, 6) is 0.836. The predicted molar refractivity (Wildman–Crippen MR) is 70.2 cm³/mol. The predicted octanol–water partition coefficient (Wildman–Crippen LogP) is 2.50. The maximum absolute atomic E-state index is 10.7. The van der Waals surface area contributed by atoms with Gasteiger partial charge in [-0.3, -0.25) is 10.1 Å². The lowest BCUT2D eigenvalue weighted by Gasteiger charge is -2.09. The van der Waals surface area contributed by atoms with Gasteiger partial charge in [-0.05, 0) is 13.1 Å². The number of benzene rings is 1. The Morgan fingerprint density at radius 1 is 1.37 bits per heavy atom. The van der Waals surface area contributed by atoms with Gasteiger partial charge in [-0.2, -0.15) is 0 Å². The van der Waals surface area contributed by atoms with Crippen molar-refractivity contribution in [3.05, 3.63) is 58.3 Å². The minimum Gasteiger partial charge on any atom is -0.438 e. The topological polar surface area (TPSA) is 77.3 Å². The third-order valence-corrected chi connectivity index (χ3v) is 2.48. The van der Waals surface area contributed by atoms with Gasteiger partial charge in [0.25, 0.3) is 5.69 Å². The second-order valence-corrected chi connectivity index (χ2v) is 3.85. The number of rotatable bonds is 5. The molecular formula is C13H13N3O3. The van der Waals surface area contributed by atoms with Gasteiger partial charge in [-0.15, -0.1) is 0 Å². The van der Waals surface area contributed by atoms with Crippen LogP contribution in [0.5, 0.6) is 11.6 Å². The van der Waals surface area contributed by atoms with Crippen molar-refractivity contribution in [1.29, 1.82) is 0 Å². The summed E-state index contributed by atoms with van der Waals surface area (Å²) in [6, 6.07) is 10.1. The van der Waals surface area contributed by atoms with Gasteiger partial charge in [-0.25, -0.2) is 4.98 Å². The highest BCUT2D eigenvalue weighted by atomic mass is 16.6. The molecule has 1 aromatic heterocycles. The Hall–Kier alpha value is -2.47. The standard InChI is InChI=1S/C13H13N3O3/c1-14-9-10-4-2-3-5-12(10)19-13-8-11(16(17)18)6-7-15-13/h2-8,14H,9H2,1H3. The van der Waals surface area contributed by atoms with Crippen molar-refractivity contribution in [3.63, 3.8) is 0 Å². The van der Waals surface area contributed by atoms with Crippen LogP contribution in [0.15, 0.2) is 42.6 Å². The fourth-order valence-corrected chi connectivity index (χ4v) is 1.62. The molecule has 2 rings (SSSR count). The fourth-order valence-electron chi connectivity index (χ4n) is 1.62. The second-order valence-electron chi connectivity index (χ2n) is 3.85. The first-order valence-electron chi connectivity index (χ1n) is 5.71. The largest absolute Gasteiger partial charge is 0.438 e. The number of aromatic nitrogens is 1. The van der Waals surface area contributed by atoms with Crippen molar-refractivity contribution in [2.45, 2.75) is 6.54 Å². The second kappa shape index (κ2) is 5.92. The molecule has 0 aliphatic carbocycles. The van der Waals surface area contributed by atoms with Gasteiger partial charge in [0.05, 0.1) is 11.0 Å². The molecule has 98 valence electrons. The summed E-state index contributed by atoms with van der Waals surface area (Å²) in [7, 11) is 1.84. The molecule has 0 amide bonds. The zero-order valence-corrected chi connectivity index (χ0v) is 10.4. The normalized spacial score (nSPS) is 10.2. The van der Waals surface area contributed by atoms with Gasteiger partial charge < -0.3 is 10.1 Å². The molecule has 0 aliphatic rings. The van der Waals surface area contributed by atoms with E-state index in [1.165, 1.54) is 18.3 Å². The van der Waals surface area contributed by atoms with Crippen molar-refractivity contribution < 1.29 is 9.66 Å². The van der Waals surface area contributed by atoms with Crippen LogP contribution in [0.3, 0.4) is 0 Å². The number of nitrogens with one attached hydrogen (secondary N) is 1. The average Bonchev–Trinajstić information content (AvgIpc) is 2.41. The Kier molecular flexibility index (Phi) is 4.04. The smallest absolute Gasteiger partial charge is 0.276 e. The maximum Gasteiger partial charge on any atom is 0.276 e. The van der Waals surface area contributed by atoms with E-state index in [9.17, 15) is 10.1 Å². The third-order valence-electron chi connectivity index (χ3n) is 2.48. The van der Waals surface area contributed by atoms with Crippen LogP contribution in [0.25, 0.3) is 0 Å². The number of nitro groups is 1. The Labute approximate surface area is 110 Å². The van der Waals surface area contributed by atoms with Crippen LogP contribution in [0, 0.1) is 10.1 Å². The van der Waals surface area contributed by atoms with E-state index >= 15 is 0 Å². The highest BCUT2D eigenvalue weighted by Crippen LogP contribution is 2.25. The molecule has 1 aromatic carbocycles. The summed E-state index contributed by atoms with van der Waals surface area (Å²) in [5.41, 5.74) is 0.911. The minimum atomic E-state index is -0.478. The highest BCUT2D eigenvalue weighted by molar-refractivity contribution is 5.39. The van der Waals surface area contributed by atoms with Crippen molar-refractivity contribution >= 4 is 5.69 Å². The van der Waals surface area contributed by atoms with E-state index in [2.05, 4.69) is 10.3 Å². The molecule has 1 heterocycles. The third kappa shape index (κ3) is 3.26. The number of hydrogen-bond acceptors (Lipinski definition) is 5. The number of nitrogens with zero attached hydrogens (tertiary/aromatic N) is 2. The average molecular weight is 259 g/mol. The summed E-state index contributed by atoms with van der Waals surface area (Å²) in [5, 5.41) is 13.7. The maximum atomic E-state index is 10.7. The highest BCUT2D eigenvalue weighted by Gasteiger charge is 2.09. The van der Waals surface area contributed by atoms with Crippen molar-refractivity contribution in [2.75, 3.05) is 7.05 Å². The Morgan fingerprint density at radius 3 is 2.89 bits per heavy atom. The molecule has 0 saturated carbocycles. The van der Waals surface area contributed by atoms with Crippen LogP contribution in [-0.2, 0) is 6.54 Å². The van der Waals surface area contributed by atoms with E-state index in [0.29, 0.717) is 12.3 Å². The molecule has 0 spiro atoms. The summed E-state index contributed by atoms with van der Waals surface area (Å²) in [6.07, 6.45) is 1.36. The van der Waals surface area contributed by atoms with E-state index in [1.54, 1.807) is 6.07 Å². The van der Waals surface area contributed by atoms with Gasteiger partial charge in [-0.1, -0.05) is 18.2 Å². The van der Waals surface area contributed by atoms with E-state index in [-0.39, 0.29) is 11.6 Å². The van der Waals surface area contributed by atoms with Gasteiger partial charge in [0.2, 0.25) is 5.88 Å². The number of ether oxygens (including phenoxy) is 1. The molecule has 0 aliphatic heterocycles. The SMILES string of the molecule is CNCc1ccccc1Oc1cc([N+](=O)[O-])ccn1. The molecule has 0 atom stereocenters. The van der Waals surface area contributed by atoms with Crippen LogP contribution in [0.2, 0.25) is 0 Å². The van der Waals surface area contributed by atoms with Gasteiger partial charge >= 0.3 is 0 Å². The van der Waals surface area contributed by atoms with E-state index in [1.807, 2.05) is 25.2 Å². The number of para-hydroxylation sites is 1. The molecule has 0 saturated heterocycles. The van der Waals surface area contributed by atoms with Crippen LogP contribution in [0.1, 0.15) is 5.56 Å². The Bertz CT molecular complexity index is 587. The zero-order chi connectivity index (χ0) is 13.7. The van der Waals surface area contributed by atoms with E-state index < -0.39 is 4.92 Å². The lowest BCUT2D eigenvalue weighted by Crippen LogP contribution is -2.06. The molecule has 6 nitrogen and oxygen atoms in total. The molecule has 6 heteroatoms. The lowest BCUT2D eigenvalue weighted by atomic mass is 10.2. The monoisotopic (exact) mass is 259 g/mol. The summed E-state index contributed by atoms with van der Waals surface area (Å²) in [6.45, 7) is 0.644. The zero-order valence-electron chi connectivity index (χ0n) is 10.4. The van der Waals surface area contributed by atoms with Crippen LogP contribution < -0.4 is 10.1 Å². The van der Waals surface area contributed by atoms with Crippen LogP contribution in [-0.4, -0.2) is 17.0 Å². The lowest BCUT2D eigenvalue weighted by molar-refractivity contribution is -0.385. The Morgan fingerprint density at radius 2 is 2.16 bits per heavy atom. The molecule has 0 bridgehead atoms. The first-order valence-corrected chi connectivity index (χ1v) is 5.71. The van der Waals surface area contributed by atoms with Crippen LogP contribution >= 0.6 is 0 Å². The molecule has 1 N–H and O–H groups in total. The molecule has 0 radical (unpaired) electrons. The molecule has 2 aromatic rings. The quantitative estimate of drug-likeness (QED) is 0.659. The Balaban J connectivity index is 2.26. The van der Waals surface area contributed by atoms with Crippen molar-refractivity contribution in [1.82, 2.24) is 10.3 Å². The molecule has 19 heavy (non-hydrogen) atoms. The summed E-state index contributed by atoms with van der Waals surface area (Å²) in [4.78, 5) is 14.2. The van der Waals surface area contributed by atoms with Crippen LogP contribution in [0.4, 0.5) is 5.69 Å². The van der Waals surface area contributed by atoms with E-state index in [0.717, 1.165) is 5.56 Å². The first kappa shape index (κ1) is 13.0.